The van der Waals surface area contributed by atoms with Crippen LogP contribution < -0.4 is 5.32 Å². The lowest BCUT2D eigenvalue weighted by Gasteiger charge is -2.28. The van der Waals surface area contributed by atoms with Gasteiger partial charge in [0.1, 0.15) is 11.3 Å². The van der Waals surface area contributed by atoms with Gasteiger partial charge in [0.25, 0.3) is 0 Å². The zero-order valence-electron chi connectivity index (χ0n) is 11.9. The van der Waals surface area contributed by atoms with Gasteiger partial charge in [-0.1, -0.05) is 0 Å². The maximum absolute atomic E-state index is 12.1. The lowest BCUT2D eigenvalue weighted by Crippen LogP contribution is -2.51. The molecule has 2 atom stereocenters. The molecule has 9 heteroatoms. The third-order valence-electron chi connectivity index (χ3n) is 2.82. The zero-order valence-corrected chi connectivity index (χ0v) is 12.7. The number of hydrogen-bond donors (Lipinski definition) is 2. The van der Waals surface area contributed by atoms with Gasteiger partial charge in [-0.25, -0.2) is 13.2 Å². The van der Waals surface area contributed by atoms with Crippen molar-refractivity contribution >= 4 is 27.6 Å². The van der Waals surface area contributed by atoms with Crippen molar-refractivity contribution < 1.29 is 27.9 Å². The fraction of sp³-hybridized carbons (Fsp3) is 0.727. The van der Waals surface area contributed by atoms with Crippen molar-refractivity contribution in [1.82, 2.24) is 10.2 Å². The molecule has 0 aromatic heterocycles. The number of carbonyl (C=O) groups is 3. The number of amides is 2. The van der Waals surface area contributed by atoms with Crippen LogP contribution in [0.15, 0.2) is 0 Å². The van der Waals surface area contributed by atoms with Crippen LogP contribution in [0, 0.1) is 0 Å². The fourth-order valence-electron chi connectivity index (χ4n) is 1.40. The molecular weight excluding hydrogens is 288 g/mol. The van der Waals surface area contributed by atoms with Crippen molar-refractivity contribution in [2.75, 3.05) is 19.3 Å². The lowest BCUT2D eigenvalue weighted by atomic mass is 10.2. The molecular formula is C11H20N2O6S. The Labute approximate surface area is 118 Å². The molecule has 8 nitrogen and oxygen atoms in total. The predicted octanol–water partition coefficient (Wildman–Crippen LogP) is -1.14. The fourth-order valence-corrected chi connectivity index (χ4v) is 1.90. The van der Waals surface area contributed by atoms with E-state index in [4.69, 9.17) is 5.11 Å². The van der Waals surface area contributed by atoms with E-state index in [0.29, 0.717) is 0 Å². The van der Waals surface area contributed by atoms with Crippen LogP contribution in [-0.2, 0) is 24.2 Å². The first-order chi connectivity index (χ1) is 8.98. The first-order valence-corrected chi connectivity index (χ1v) is 7.90. The second-order valence-corrected chi connectivity index (χ2v) is 6.87. The van der Waals surface area contributed by atoms with E-state index in [1.807, 2.05) is 0 Å². The maximum atomic E-state index is 12.1. The van der Waals surface area contributed by atoms with Crippen LogP contribution in [0.5, 0.6) is 0 Å². The molecule has 0 saturated heterocycles. The molecule has 116 valence electrons. The van der Waals surface area contributed by atoms with Gasteiger partial charge in [-0.3, -0.25) is 9.59 Å². The van der Waals surface area contributed by atoms with Gasteiger partial charge in [0.15, 0.2) is 9.84 Å². The molecule has 0 aromatic rings. The lowest BCUT2D eigenvalue weighted by molar-refractivity contribution is -0.149. The third-order valence-corrected chi connectivity index (χ3v) is 4.31. The summed E-state index contributed by atoms with van der Waals surface area (Å²) in [6.07, 6.45) is 0.910. The van der Waals surface area contributed by atoms with Gasteiger partial charge in [0.05, 0.1) is 0 Å². The second-order valence-electron chi connectivity index (χ2n) is 4.50. The molecule has 0 heterocycles. The first-order valence-electron chi connectivity index (χ1n) is 5.95. The van der Waals surface area contributed by atoms with E-state index in [2.05, 4.69) is 5.32 Å². The minimum Gasteiger partial charge on any atom is -0.480 e. The topological polar surface area (TPSA) is 121 Å². The number of carboxylic acid groups (broad SMARTS) is 1. The molecule has 0 spiro atoms. The number of carbonyl (C=O) groups excluding carboxylic acids is 2. The molecule has 0 aliphatic rings. The van der Waals surface area contributed by atoms with Crippen LogP contribution in [0.1, 0.15) is 20.8 Å². The molecule has 0 radical (unpaired) electrons. The van der Waals surface area contributed by atoms with Crippen LogP contribution in [0.2, 0.25) is 0 Å². The minimum absolute atomic E-state index is 0.0508. The molecule has 0 fully saturated rings. The summed E-state index contributed by atoms with van der Waals surface area (Å²) in [7, 11) is -3.62. The number of carboxylic acids is 1. The van der Waals surface area contributed by atoms with Crippen molar-refractivity contribution in [2.24, 2.45) is 0 Å². The number of aliphatic carboxylic acids is 1. The summed E-state index contributed by atoms with van der Waals surface area (Å²) in [5.41, 5.74) is 0. The summed E-state index contributed by atoms with van der Waals surface area (Å²) < 4.78 is 22.8. The SMILES string of the molecule is CC(=O)NCCN(C(=O)C(C)S(C)(=O)=O)C(C)C(=O)O. The van der Waals surface area contributed by atoms with E-state index >= 15 is 0 Å². The Morgan fingerprint density at radius 2 is 1.75 bits per heavy atom. The number of nitrogens with one attached hydrogen (secondary N) is 1. The molecule has 2 unspecified atom stereocenters. The zero-order chi connectivity index (χ0) is 16.1. The Balaban J connectivity index is 5.06. The van der Waals surface area contributed by atoms with Crippen molar-refractivity contribution in [2.45, 2.75) is 32.1 Å². The predicted molar refractivity (Wildman–Crippen MR) is 71.8 cm³/mol. The van der Waals surface area contributed by atoms with Gasteiger partial charge >= 0.3 is 5.97 Å². The van der Waals surface area contributed by atoms with Crippen LogP contribution in [-0.4, -0.2) is 66.8 Å². The number of hydrogen-bond acceptors (Lipinski definition) is 5. The van der Waals surface area contributed by atoms with Gasteiger partial charge in [0, 0.05) is 26.3 Å². The molecule has 0 aromatic carbocycles. The first kappa shape index (κ1) is 18.4. The molecule has 0 saturated carbocycles. The summed E-state index contributed by atoms with van der Waals surface area (Å²) in [6.45, 7) is 3.74. The Hall–Kier alpha value is -1.64. The van der Waals surface area contributed by atoms with Crippen molar-refractivity contribution in [1.29, 1.82) is 0 Å². The molecule has 0 rings (SSSR count). The molecule has 2 N–H and O–H groups in total. The average molecular weight is 308 g/mol. The van der Waals surface area contributed by atoms with Gasteiger partial charge < -0.3 is 15.3 Å². The van der Waals surface area contributed by atoms with E-state index in [1.165, 1.54) is 20.8 Å². The highest BCUT2D eigenvalue weighted by molar-refractivity contribution is 7.92. The molecule has 0 aliphatic carbocycles. The Morgan fingerprint density at radius 1 is 1.25 bits per heavy atom. The third kappa shape index (κ3) is 5.55. The summed E-state index contributed by atoms with van der Waals surface area (Å²) in [4.78, 5) is 34.8. The van der Waals surface area contributed by atoms with Gasteiger partial charge in [-0.15, -0.1) is 0 Å². The van der Waals surface area contributed by atoms with E-state index < -0.39 is 33.0 Å². The molecule has 0 aliphatic heterocycles. The van der Waals surface area contributed by atoms with Crippen molar-refractivity contribution in [3.8, 4) is 0 Å². The molecule has 0 bridgehead atoms. The highest BCUT2D eigenvalue weighted by atomic mass is 32.2. The number of rotatable bonds is 7. The number of nitrogens with zero attached hydrogens (tertiary/aromatic N) is 1. The highest BCUT2D eigenvalue weighted by Gasteiger charge is 2.33. The van der Waals surface area contributed by atoms with E-state index in [1.54, 1.807) is 0 Å². The quantitative estimate of drug-likeness (QED) is 0.613. The Kier molecular flexibility index (Phi) is 6.63. The average Bonchev–Trinajstić information content (AvgIpc) is 2.30. The summed E-state index contributed by atoms with van der Waals surface area (Å²) in [5, 5.41) is 10.1. The molecule has 2 amide bonds. The highest BCUT2D eigenvalue weighted by Crippen LogP contribution is 2.08. The molecule has 20 heavy (non-hydrogen) atoms. The van der Waals surface area contributed by atoms with Crippen molar-refractivity contribution in [3.05, 3.63) is 0 Å². The Morgan fingerprint density at radius 3 is 2.10 bits per heavy atom. The summed E-state index contributed by atoms with van der Waals surface area (Å²) >= 11 is 0. The van der Waals surface area contributed by atoms with Crippen LogP contribution >= 0.6 is 0 Å². The van der Waals surface area contributed by atoms with Crippen LogP contribution in [0.4, 0.5) is 0 Å². The summed E-state index contributed by atoms with van der Waals surface area (Å²) in [6, 6.07) is -1.18. The minimum atomic E-state index is -3.62. The van der Waals surface area contributed by atoms with Gasteiger partial charge in [-0.2, -0.15) is 0 Å². The van der Waals surface area contributed by atoms with Gasteiger partial charge in [-0.05, 0) is 13.8 Å². The maximum Gasteiger partial charge on any atom is 0.326 e. The second kappa shape index (κ2) is 7.22. The standard InChI is InChI=1S/C11H20N2O6S/c1-7(11(16)17)13(6-5-12-9(3)14)10(15)8(2)20(4,18)19/h7-8H,5-6H2,1-4H3,(H,12,14)(H,16,17). The largest absolute Gasteiger partial charge is 0.480 e. The normalized spacial score (nSPS) is 14.2. The van der Waals surface area contributed by atoms with Crippen molar-refractivity contribution in [3.63, 3.8) is 0 Å². The van der Waals surface area contributed by atoms with E-state index in [0.717, 1.165) is 11.2 Å². The monoisotopic (exact) mass is 308 g/mol. The van der Waals surface area contributed by atoms with Crippen LogP contribution in [0.25, 0.3) is 0 Å². The van der Waals surface area contributed by atoms with Crippen LogP contribution in [0.3, 0.4) is 0 Å². The van der Waals surface area contributed by atoms with Gasteiger partial charge in [0.2, 0.25) is 11.8 Å². The Bertz CT molecular complexity index is 487. The van der Waals surface area contributed by atoms with E-state index in [9.17, 15) is 22.8 Å². The summed E-state index contributed by atoms with van der Waals surface area (Å²) in [5.74, 6) is -2.37. The number of sulfone groups is 1. The smallest absolute Gasteiger partial charge is 0.326 e. The van der Waals surface area contributed by atoms with E-state index in [-0.39, 0.29) is 19.0 Å².